The summed E-state index contributed by atoms with van der Waals surface area (Å²) in [4.78, 5) is 26.1. The Morgan fingerprint density at radius 1 is 1.56 bits per heavy atom. The molecule has 0 fully saturated rings. The van der Waals surface area contributed by atoms with Crippen LogP contribution in [-0.2, 0) is 4.74 Å². The van der Waals surface area contributed by atoms with Crippen molar-refractivity contribution >= 4 is 17.7 Å². The number of hydrogen-bond acceptors (Lipinski definition) is 4. The van der Waals surface area contributed by atoms with E-state index < -0.39 is 12.0 Å². The van der Waals surface area contributed by atoms with Gasteiger partial charge in [-0.05, 0) is 19.1 Å². The van der Waals surface area contributed by atoms with Crippen molar-refractivity contribution in [2.24, 2.45) is 0 Å². The molecular weight excluding hydrogens is 238 g/mol. The average molecular weight is 253 g/mol. The molecule has 1 atom stereocenters. The Balaban J connectivity index is 2.67. The summed E-state index contributed by atoms with van der Waals surface area (Å²) < 4.78 is 4.87. The van der Waals surface area contributed by atoms with Gasteiger partial charge in [-0.3, -0.25) is 0 Å². The van der Waals surface area contributed by atoms with Crippen molar-refractivity contribution in [1.29, 1.82) is 0 Å². The molecule has 0 radical (unpaired) electrons. The van der Waals surface area contributed by atoms with Crippen LogP contribution in [0.5, 0.6) is 0 Å². The lowest BCUT2D eigenvalue weighted by Crippen LogP contribution is -2.38. The first kappa shape index (κ1) is 13.9. The number of pyridine rings is 1. The minimum Gasteiger partial charge on any atom is -0.476 e. The monoisotopic (exact) mass is 253 g/mol. The Morgan fingerprint density at radius 3 is 2.89 bits per heavy atom. The molecular formula is C11H15N3O4. The Kier molecular flexibility index (Phi) is 5.06. The fourth-order valence-corrected chi connectivity index (χ4v) is 1.35. The summed E-state index contributed by atoms with van der Waals surface area (Å²) >= 11 is 0. The normalized spacial score (nSPS) is 11.7. The lowest BCUT2D eigenvalue weighted by molar-refractivity contribution is 0.0691. The fourth-order valence-electron chi connectivity index (χ4n) is 1.35. The zero-order chi connectivity index (χ0) is 13.5. The van der Waals surface area contributed by atoms with Crippen LogP contribution in [0.4, 0.5) is 10.5 Å². The SMILES string of the molecule is COCC(C)NC(=O)Nc1cccnc1C(=O)O. The van der Waals surface area contributed by atoms with E-state index in [2.05, 4.69) is 15.6 Å². The highest BCUT2D eigenvalue weighted by Gasteiger charge is 2.14. The van der Waals surface area contributed by atoms with E-state index in [1.54, 1.807) is 13.0 Å². The highest BCUT2D eigenvalue weighted by atomic mass is 16.5. The van der Waals surface area contributed by atoms with Gasteiger partial charge in [-0.25, -0.2) is 14.6 Å². The van der Waals surface area contributed by atoms with Crippen molar-refractivity contribution in [1.82, 2.24) is 10.3 Å². The smallest absolute Gasteiger partial charge is 0.356 e. The predicted molar refractivity (Wildman–Crippen MR) is 64.7 cm³/mol. The van der Waals surface area contributed by atoms with E-state index in [4.69, 9.17) is 9.84 Å². The highest BCUT2D eigenvalue weighted by Crippen LogP contribution is 2.11. The third-order valence-electron chi connectivity index (χ3n) is 2.05. The lowest BCUT2D eigenvalue weighted by Gasteiger charge is -2.14. The second-order valence-corrected chi connectivity index (χ2v) is 3.66. The van der Waals surface area contributed by atoms with Crippen LogP contribution in [-0.4, -0.2) is 41.8 Å². The number of aromatic carboxylic acids is 1. The molecule has 3 N–H and O–H groups in total. The van der Waals surface area contributed by atoms with Crippen LogP contribution in [0.1, 0.15) is 17.4 Å². The molecule has 0 aliphatic heterocycles. The molecule has 0 aliphatic carbocycles. The van der Waals surface area contributed by atoms with Gasteiger partial charge in [-0.1, -0.05) is 0 Å². The van der Waals surface area contributed by atoms with E-state index in [0.717, 1.165) is 0 Å². The molecule has 0 saturated heterocycles. The third kappa shape index (κ3) is 4.02. The highest BCUT2D eigenvalue weighted by molar-refractivity contribution is 5.98. The van der Waals surface area contributed by atoms with Crippen LogP contribution in [0.15, 0.2) is 18.3 Å². The number of carbonyl (C=O) groups is 2. The number of carboxylic acids is 1. The van der Waals surface area contributed by atoms with E-state index in [1.165, 1.54) is 19.4 Å². The second kappa shape index (κ2) is 6.55. The number of anilines is 1. The fraction of sp³-hybridized carbons (Fsp3) is 0.364. The molecule has 1 heterocycles. The maximum atomic E-state index is 11.6. The molecule has 0 saturated carbocycles. The van der Waals surface area contributed by atoms with E-state index >= 15 is 0 Å². The van der Waals surface area contributed by atoms with Gasteiger partial charge >= 0.3 is 12.0 Å². The molecule has 1 unspecified atom stereocenters. The van der Waals surface area contributed by atoms with E-state index in [-0.39, 0.29) is 17.4 Å². The van der Waals surface area contributed by atoms with Crippen molar-refractivity contribution < 1.29 is 19.4 Å². The predicted octanol–water partition coefficient (Wildman–Crippen LogP) is 0.936. The van der Waals surface area contributed by atoms with Gasteiger partial charge in [0.15, 0.2) is 5.69 Å². The molecule has 7 heteroatoms. The number of ether oxygens (including phenoxy) is 1. The van der Waals surface area contributed by atoms with Gasteiger partial charge in [-0.2, -0.15) is 0 Å². The van der Waals surface area contributed by atoms with E-state index in [0.29, 0.717) is 6.61 Å². The van der Waals surface area contributed by atoms with Gasteiger partial charge in [0, 0.05) is 13.3 Å². The largest absolute Gasteiger partial charge is 0.476 e. The number of carbonyl (C=O) groups excluding carboxylic acids is 1. The van der Waals surface area contributed by atoms with Gasteiger partial charge in [0.1, 0.15) is 0 Å². The second-order valence-electron chi connectivity index (χ2n) is 3.66. The summed E-state index contributed by atoms with van der Waals surface area (Å²) in [6.07, 6.45) is 1.35. The van der Waals surface area contributed by atoms with Crippen molar-refractivity contribution in [3.63, 3.8) is 0 Å². The standard InChI is InChI=1S/C11H15N3O4/c1-7(6-18-2)13-11(17)14-8-4-3-5-12-9(8)10(15)16/h3-5,7H,6H2,1-2H3,(H,15,16)(H2,13,14,17). The number of carboxylic acid groups (broad SMARTS) is 1. The first-order valence-electron chi connectivity index (χ1n) is 5.29. The number of methoxy groups -OCH3 is 1. The van der Waals surface area contributed by atoms with Gasteiger partial charge in [-0.15, -0.1) is 0 Å². The minimum absolute atomic E-state index is 0.145. The molecule has 1 aromatic rings. The Bertz CT molecular complexity index is 436. The van der Waals surface area contributed by atoms with E-state index in [1.807, 2.05) is 0 Å². The summed E-state index contributed by atoms with van der Waals surface area (Å²) in [6.45, 7) is 2.14. The Morgan fingerprint density at radius 2 is 2.28 bits per heavy atom. The molecule has 0 spiro atoms. The zero-order valence-electron chi connectivity index (χ0n) is 10.1. The van der Waals surface area contributed by atoms with Crippen LogP contribution in [0.3, 0.4) is 0 Å². The number of nitrogens with one attached hydrogen (secondary N) is 2. The van der Waals surface area contributed by atoms with Crippen LogP contribution in [0, 0.1) is 0 Å². The summed E-state index contributed by atoms with van der Waals surface area (Å²) in [5, 5.41) is 13.9. The molecule has 0 aromatic carbocycles. The molecule has 2 amide bonds. The van der Waals surface area contributed by atoms with Gasteiger partial charge in [0.2, 0.25) is 0 Å². The number of urea groups is 1. The van der Waals surface area contributed by atoms with Crippen molar-refractivity contribution in [2.75, 3.05) is 19.0 Å². The molecule has 0 aliphatic rings. The van der Waals surface area contributed by atoms with Crippen molar-refractivity contribution in [2.45, 2.75) is 13.0 Å². The minimum atomic E-state index is -1.20. The van der Waals surface area contributed by atoms with Crippen molar-refractivity contribution in [3.05, 3.63) is 24.0 Å². The molecule has 1 aromatic heterocycles. The van der Waals surface area contributed by atoms with Gasteiger partial charge in [0.05, 0.1) is 18.3 Å². The summed E-state index contributed by atoms with van der Waals surface area (Å²) in [6, 6.07) is 2.33. The van der Waals surface area contributed by atoms with Gasteiger partial charge < -0.3 is 20.5 Å². The van der Waals surface area contributed by atoms with Crippen LogP contribution in [0.25, 0.3) is 0 Å². The lowest BCUT2D eigenvalue weighted by atomic mass is 10.3. The van der Waals surface area contributed by atoms with Crippen LogP contribution in [0.2, 0.25) is 0 Å². The first-order chi connectivity index (χ1) is 8.54. The molecule has 18 heavy (non-hydrogen) atoms. The average Bonchev–Trinajstić information content (AvgIpc) is 2.29. The topological polar surface area (TPSA) is 101 Å². The Labute approximate surface area is 104 Å². The van der Waals surface area contributed by atoms with Crippen LogP contribution < -0.4 is 10.6 Å². The molecule has 0 bridgehead atoms. The number of rotatable bonds is 5. The first-order valence-corrected chi connectivity index (χ1v) is 5.29. The zero-order valence-corrected chi connectivity index (χ0v) is 10.1. The van der Waals surface area contributed by atoms with E-state index in [9.17, 15) is 9.59 Å². The molecule has 98 valence electrons. The maximum absolute atomic E-state index is 11.6. The quantitative estimate of drug-likeness (QED) is 0.725. The number of nitrogens with zero attached hydrogens (tertiary/aromatic N) is 1. The molecule has 7 nitrogen and oxygen atoms in total. The summed E-state index contributed by atoms with van der Waals surface area (Å²) in [5.74, 6) is -1.20. The third-order valence-corrected chi connectivity index (χ3v) is 2.05. The van der Waals surface area contributed by atoms with Crippen molar-refractivity contribution in [3.8, 4) is 0 Å². The van der Waals surface area contributed by atoms with Gasteiger partial charge in [0.25, 0.3) is 0 Å². The number of aromatic nitrogens is 1. The summed E-state index contributed by atoms with van der Waals surface area (Å²) in [5.41, 5.74) is -0.0563. The Hall–Kier alpha value is -2.15. The maximum Gasteiger partial charge on any atom is 0.356 e. The summed E-state index contributed by atoms with van der Waals surface area (Å²) in [7, 11) is 1.53. The molecule has 1 rings (SSSR count). The number of amides is 2. The number of hydrogen-bond donors (Lipinski definition) is 3. The van der Waals surface area contributed by atoms with Crippen LogP contribution >= 0.6 is 0 Å².